The van der Waals surface area contributed by atoms with Crippen LogP contribution in [0.25, 0.3) is 16.8 Å². The third-order valence-electron chi connectivity index (χ3n) is 6.90. The maximum atomic E-state index is 14.9. The number of likely N-dealkylation sites (N-methyl/N-ethyl adjacent to an activating group) is 1. The summed E-state index contributed by atoms with van der Waals surface area (Å²) in [5.41, 5.74) is 1.80. The molecule has 0 saturated carbocycles. The maximum absolute atomic E-state index is 14.9. The van der Waals surface area contributed by atoms with Gasteiger partial charge in [-0.25, -0.2) is 13.9 Å². The molecule has 6 bridgehead atoms. The van der Waals surface area contributed by atoms with E-state index in [-0.39, 0.29) is 11.9 Å². The molecule has 0 radical (unpaired) electrons. The van der Waals surface area contributed by atoms with Crippen molar-refractivity contribution in [3.63, 3.8) is 0 Å². The predicted octanol–water partition coefficient (Wildman–Crippen LogP) is 2.51. The van der Waals surface area contributed by atoms with Gasteiger partial charge in [0.05, 0.1) is 6.20 Å². The number of aromatic nitrogens is 3. The Labute approximate surface area is 181 Å². The molecule has 7 nitrogen and oxygen atoms in total. The van der Waals surface area contributed by atoms with Gasteiger partial charge in [-0.15, -0.1) is 0 Å². The molecule has 6 rings (SSSR count). The van der Waals surface area contributed by atoms with E-state index < -0.39 is 0 Å². The lowest BCUT2D eigenvalue weighted by Crippen LogP contribution is -2.41. The van der Waals surface area contributed by atoms with Crippen molar-refractivity contribution < 1.29 is 9.13 Å². The first-order valence-corrected chi connectivity index (χ1v) is 11.1. The standard InChI is InChI=1S/C23H27FN6O/c1-27-9-10-28-13-16-3-2-7-29(16)15-18(14-28)31-17-4-5-21(24)19(11-17)20-12-25-30-8-6-22(27)26-23(20)30/h4-6,8,11-12,16,18H,2-3,7,9-10,13-15H2,1H3/t16-,18+/m0/s1. The summed E-state index contributed by atoms with van der Waals surface area (Å²) in [4.78, 5) is 12.1. The number of nitrogens with zero attached hydrogens (tertiary/aromatic N) is 6. The number of ether oxygens (including phenoxy) is 1. The quantitative estimate of drug-likeness (QED) is 0.555. The van der Waals surface area contributed by atoms with Gasteiger partial charge in [0.2, 0.25) is 0 Å². The van der Waals surface area contributed by atoms with E-state index in [0.29, 0.717) is 28.6 Å². The summed E-state index contributed by atoms with van der Waals surface area (Å²) in [6.07, 6.45) is 6.13. The lowest BCUT2D eigenvalue weighted by molar-refractivity contribution is 0.132. The second kappa shape index (κ2) is 7.46. The van der Waals surface area contributed by atoms with Crippen molar-refractivity contribution in [2.75, 3.05) is 51.2 Å². The Balaban J connectivity index is 1.46. The highest BCUT2D eigenvalue weighted by Crippen LogP contribution is 2.32. The van der Waals surface area contributed by atoms with E-state index in [4.69, 9.17) is 9.72 Å². The Kier molecular flexibility index (Phi) is 4.57. The van der Waals surface area contributed by atoms with Gasteiger partial charge in [-0.1, -0.05) is 0 Å². The van der Waals surface area contributed by atoms with Crippen LogP contribution in [-0.4, -0.2) is 82.9 Å². The minimum atomic E-state index is -0.294. The highest BCUT2D eigenvalue weighted by molar-refractivity contribution is 5.79. The zero-order chi connectivity index (χ0) is 20.9. The van der Waals surface area contributed by atoms with Gasteiger partial charge in [0.15, 0.2) is 5.65 Å². The Morgan fingerprint density at radius 1 is 1.06 bits per heavy atom. The molecular weight excluding hydrogens is 395 g/mol. The molecule has 0 N–H and O–H groups in total. The molecule has 0 spiro atoms. The molecule has 0 amide bonds. The minimum Gasteiger partial charge on any atom is -0.488 e. The van der Waals surface area contributed by atoms with Crippen LogP contribution in [0.4, 0.5) is 10.2 Å². The van der Waals surface area contributed by atoms with Crippen molar-refractivity contribution in [1.82, 2.24) is 24.4 Å². The van der Waals surface area contributed by atoms with Crippen LogP contribution in [0.1, 0.15) is 12.8 Å². The van der Waals surface area contributed by atoms with E-state index in [1.807, 2.05) is 12.3 Å². The van der Waals surface area contributed by atoms with Gasteiger partial charge in [-0.3, -0.25) is 9.80 Å². The highest BCUT2D eigenvalue weighted by atomic mass is 19.1. The SMILES string of the molecule is CN1CCN2C[C@H](CN3CCC[C@H]3C2)Oc2ccc(F)c(c2)-c2cnn3ccc1nc23. The molecule has 1 aromatic carbocycles. The molecule has 0 aliphatic carbocycles. The Morgan fingerprint density at radius 2 is 2.00 bits per heavy atom. The average Bonchev–Trinajstić information content (AvgIpc) is 3.35. The lowest BCUT2D eigenvalue weighted by Gasteiger charge is -2.28. The number of fused-ring (bicyclic) bond motifs is 7. The fourth-order valence-electron chi connectivity index (χ4n) is 5.22. The summed E-state index contributed by atoms with van der Waals surface area (Å²) >= 11 is 0. The normalized spacial score (nSPS) is 26.4. The van der Waals surface area contributed by atoms with Gasteiger partial charge in [0.25, 0.3) is 0 Å². The van der Waals surface area contributed by atoms with Gasteiger partial charge < -0.3 is 9.64 Å². The van der Waals surface area contributed by atoms with Gasteiger partial charge in [0, 0.05) is 63.1 Å². The van der Waals surface area contributed by atoms with E-state index in [1.165, 1.54) is 18.9 Å². The monoisotopic (exact) mass is 422 g/mol. The summed E-state index contributed by atoms with van der Waals surface area (Å²) in [6.45, 7) is 5.82. The fraction of sp³-hybridized carbons (Fsp3) is 0.478. The van der Waals surface area contributed by atoms with Gasteiger partial charge in [-0.2, -0.15) is 5.10 Å². The van der Waals surface area contributed by atoms with E-state index >= 15 is 0 Å². The predicted molar refractivity (Wildman–Crippen MR) is 117 cm³/mol. The molecular formula is C23H27FN6O. The minimum absolute atomic E-state index is 0.0535. The molecule has 3 aromatic rings. The topological polar surface area (TPSA) is 49.1 Å². The van der Waals surface area contributed by atoms with Crippen LogP contribution in [0.3, 0.4) is 0 Å². The maximum Gasteiger partial charge on any atom is 0.165 e. The first-order chi connectivity index (χ1) is 15.1. The summed E-state index contributed by atoms with van der Waals surface area (Å²) in [5, 5.41) is 4.39. The zero-order valence-electron chi connectivity index (χ0n) is 17.7. The molecule has 5 heterocycles. The first kappa shape index (κ1) is 19.0. The van der Waals surface area contributed by atoms with E-state index in [2.05, 4.69) is 26.8 Å². The third-order valence-corrected chi connectivity index (χ3v) is 6.90. The van der Waals surface area contributed by atoms with E-state index in [0.717, 1.165) is 45.1 Å². The summed E-state index contributed by atoms with van der Waals surface area (Å²) < 4.78 is 23.0. The van der Waals surface area contributed by atoms with Gasteiger partial charge >= 0.3 is 0 Å². The second-order valence-electron chi connectivity index (χ2n) is 8.97. The lowest BCUT2D eigenvalue weighted by atomic mass is 10.1. The van der Waals surface area contributed by atoms with E-state index in [1.54, 1.807) is 22.8 Å². The number of rotatable bonds is 0. The van der Waals surface area contributed by atoms with Crippen molar-refractivity contribution in [1.29, 1.82) is 0 Å². The van der Waals surface area contributed by atoms with Crippen LogP contribution in [-0.2, 0) is 0 Å². The second-order valence-corrected chi connectivity index (χ2v) is 8.97. The molecule has 3 atom stereocenters. The Hall–Kier alpha value is -2.71. The number of hydrogen-bond acceptors (Lipinski definition) is 6. The Bertz CT molecular complexity index is 1120. The highest BCUT2D eigenvalue weighted by Gasteiger charge is 2.34. The fourth-order valence-corrected chi connectivity index (χ4v) is 5.22. The van der Waals surface area contributed by atoms with Crippen LogP contribution in [0, 0.1) is 5.82 Å². The van der Waals surface area contributed by atoms with Crippen LogP contribution >= 0.6 is 0 Å². The molecule has 31 heavy (non-hydrogen) atoms. The summed E-state index contributed by atoms with van der Waals surface area (Å²) in [6, 6.07) is 7.59. The third kappa shape index (κ3) is 3.43. The van der Waals surface area contributed by atoms with Crippen LogP contribution in [0.15, 0.2) is 36.7 Å². The van der Waals surface area contributed by atoms with Crippen LogP contribution in [0.5, 0.6) is 5.75 Å². The van der Waals surface area contributed by atoms with Crippen molar-refractivity contribution in [3.8, 4) is 16.9 Å². The average molecular weight is 423 g/mol. The molecule has 2 aromatic heterocycles. The van der Waals surface area contributed by atoms with Crippen LogP contribution in [0.2, 0.25) is 0 Å². The molecule has 162 valence electrons. The van der Waals surface area contributed by atoms with Gasteiger partial charge in [-0.05, 0) is 43.7 Å². The summed E-state index contributed by atoms with van der Waals surface area (Å²) in [7, 11) is 2.07. The molecule has 1 unspecified atom stereocenters. The molecule has 3 aliphatic rings. The Morgan fingerprint density at radius 3 is 2.94 bits per heavy atom. The van der Waals surface area contributed by atoms with Crippen molar-refractivity contribution in [2.45, 2.75) is 25.0 Å². The van der Waals surface area contributed by atoms with Crippen LogP contribution < -0.4 is 9.64 Å². The van der Waals surface area contributed by atoms with Gasteiger partial charge in [0.1, 0.15) is 23.5 Å². The smallest absolute Gasteiger partial charge is 0.165 e. The molecule has 2 saturated heterocycles. The molecule has 2 fully saturated rings. The van der Waals surface area contributed by atoms with Crippen molar-refractivity contribution in [3.05, 3.63) is 42.5 Å². The largest absolute Gasteiger partial charge is 0.488 e. The zero-order valence-corrected chi connectivity index (χ0v) is 17.7. The first-order valence-electron chi connectivity index (χ1n) is 11.1. The van der Waals surface area contributed by atoms with E-state index in [9.17, 15) is 4.39 Å². The molecule has 3 aliphatic heterocycles. The number of hydrogen-bond donors (Lipinski definition) is 0. The molecule has 8 heteroatoms. The summed E-state index contributed by atoms with van der Waals surface area (Å²) in [5.74, 6) is 1.27. The number of benzene rings is 1. The van der Waals surface area contributed by atoms with Crippen molar-refractivity contribution in [2.24, 2.45) is 0 Å². The number of anilines is 1. The number of halogens is 1. The van der Waals surface area contributed by atoms with Crippen molar-refractivity contribution >= 4 is 11.5 Å².